The average molecular weight is 329 g/mol. The van der Waals surface area contributed by atoms with Crippen LogP contribution < -0.4 is 14.2 Å². The zero-order valence-electron chi connectivity index (χ0n) is 13.6. The molecule has 0 spiro atoms. The largest absolute Gasteiger partial charge is 0.497 e. The predicted molar refractivity (Wildman–Crippen MR) is 87.5 cm³/mol. The Bertz CT molecular complexity index is 729. The van der Waals surface area contributed by atoms with Gasteiger partial charge >= 0.3 is 0 Å². The number of carbonyl (C=O) groups is 1. The number of methoxy groups -OCH3 is 1. The molecule has 0 aliphatic carbocycles. The van der Waals surface area contributed by atoms with Crippen LogP contribution in [0.25, 0.3) is 0 Å². The van der Waals surface area contributed by atoms with Crippen molar-refractivity contribution in [1.29, 1.82) is 0 Å². The zero-order chi connectivity index (χ0) is 17.1. The first-order chi connectivity index (χ1) is 11.6. The Hall–Kier alpha value is -2.73. The van der Waals surface area contributed by atoms with Crippen LogP contribution in [0.5, 0.6) is 17.2 Å². The van der Waals surface area contributed by atoms with Crippen molar-refractivity contribution in [2.45, 2.75) is 6.10 Å². The van der Waals surface area contributed by atoms with Gasteiger partial charge in [0, 0.05) is 12.6 Å². The van der Waals surface area contributed by atoms with E-state index in [4.69, 9.17) is 14.2 Å². The minimum atomic E-state index is -0.779. The summed E-state index contributed by atoms with van der Waals surface area (Å²) in [6.07, 6.45) is -0.779. The van der Waals surface area contributed by atoms with E-state index in [0.717, 1.165) is 11.3 Å². The maximum absolute atomic E-state index is 12.5. The van der Waals surface area contributed by atoms with E-state index >= 15 is 0 Å². The summed E-state index contributed by atoms with van der Waals surface area (Å²) in [5.41, 5.74) is 1.21. The lowest BCUT2D eigenvalue weighted by molar-refractivity contribution is 0.0680. The van der Waals surface area contributed by atoms with E-state index in [-0.39, 0.29) is 19.2 Å². The lowest BCUT2D eigenvalue weighted by Gasteiger charge is -2.21. The molecule has 0 fully saturated rings. The van der Waals surface area contributed by atoms with Crippen LogP contribution in [-0.4, -0.2) is 43.4 Å². The molecule has 1 atom stereocenters. The third kappa shape index (κ3) is 3.28. The number of carbonyl (C=O) groups excluding carboxylic acids is 1. The SMILES string of the molecule is COc1ccc(C(O)CN(C)C(=O)c2ccc3c(c2)OCO3)cc1. The molecule has 6 nitrogen and oxygen atoms in total. The molecule has 6 heteroatoms. The van der Waals surface area contributed by atoms with Gasteiger partial charge in [-0.1, -0.05) is 12.1 Å². The second kappa shape index (κ2) is 6.80. The minimum absolute atomic E-state index is 0.166. The number of amides is 1. The van der Waals surface area contributed by atoms with Gasteiger partial charge in [-0.3, -0.25) is 4.79 Å². The Morgan fingerprint density at radius 1 is 1.21 bits per heavy atom. The number of aliphatic hydroxyl groups is 1. The molecule has 126 valence electrons. The van der Waals surface area contributed by atoms with Gasteiger partial charge in [-0.25, -0.2) is 0 Å². The second-order valence-electron chi connectivity index (χ2n) is 5.54. The highest BCUT2D eigenvalue weighted by molar-refractivity contribution is 5.94. The van der Waals surface area contributed by atoms with Crippen LogP contribution in [0.1, 0.15) is 22.0 Å². The average Bonchev–Trinajstić information content (AvgIpc) is 3.08. The Labute approximate surface area is 140 Å². The molecule has 2 aromatic carbocycles. The van der Waals surface area contributed by atoms with Gasteiger partial charge in [0.1, 0.15) is 5.75 Å². The summed E-state index contributed by atoms with van der Waals surface area (Å²) in [5, 5.41) is 10.3. The van der Waals surface area contributed by atoms with Crippen LogP contribution in [0.2, 0.25) is 0 Å². The van der Waals surface area contributed by atoms with Gasteiger partial charge in [-0.05, 0) is 35.9 Å². The summed E-state index contributed by atoms with van der Waals surface area (Å²) in [6.45, 7) is 0.346. The molecule has 3 rings (SSSR count). The van der Waals surface area contributed by atoms with Crippen LogP contribution in [0, 0.1) is 0 Å². The quantitative estimate of drug-likeness (QED) is 0.911. The maximum atomic E-state index is 12.5. The van der Waals surface area contributed by atoms with Gasteiger partial charge in [0.25, 0.3) is 5.91 Å². The van der Waals surface area contributed by atoms with Crippen LogP contribution >= 0.6 is 0 Å². The van der Waals surface area contributed by atoms with Crippen molar-refractivity contribution in [2.75, 3.05) is 27.5 Å². The lowest BCUT2D eigenvalue weighted by Crippen LogP contribution is -2.31. The molecule has 1 aliphatic rings. The van der Waals surface area contributed by atoms with Crippen molar-refractivity contribution >= 4 is 5.91 Å². The van der Waals surface area contributed by atoms with E-state index in [2.05, 4.69) is 0 Å². The highest BCUT2D eigenvalue weighted by atomic mass is 16.7. The number of hydrogen-bond donors (Lipinski definition) is 1. The summed E-state index contributed by atoms with van der Waals surface area (Å²) < 4.78 is 15.6. The first-order valence-electron chi connectivity index (χ1n) is 7.55. The van der Waals surface area contributed by atoms with Crippen molar-refractivity contribution in [3.8, 4) is 17.2 Å². The monoisotopic (exact) mass is 329 g/mol. The van der Waals surface area contributed by atoms with Crippen LogP contribution in [0.4, 0.5) is 0 Å². The molecule has 1 N–H and O–H groups in total. The normalized spacial score (nSPS) is 13.5. The molecule has 0 aromatic heterocycles. The first-order valence-corrected chi connectivity index (χ1v) is 7.55. The number of fused-ring (bicyclic) bond motifs is 1. The standard InChI is InChI=1S/C18H19NO5/c1-19(10-15(20)12-3-6-14(22-2)7-4-12)18(21)13-5-8-16-17(9-13)24-11-23-16/h3-9,15,20H,10-11H2,1-2H3. The summed E-state index contributed by atoms with van der Waals surface area (Å²) >= 11 is 0. The minimum Gasteiger partial charge on any atom is -0.497 e. The Balaban J connectivity index is 1.66. The van der Waals surface area contributed by atoms with Gasteiger partial charge in [-0.2, -0.15) is 0 Å². The van der Waals surface area contributed by atoms with E-state index in [0.29, 0.717) is 17.1 Å². The maximum Gasteiger partial charge on any atom is 0.253 e. The topological polar surface area (TPSA) is 68.2 Å². The molecule has 0 radical (unpaired) electrons. The van der Waals surface area contributed by atoms with Crippen LogP contribution in [0.3, 0.4) is 0 Å². The number of aliphatic hydroxyl groups excluding tert-OH is 1. The fourth-order valence-corrected chi connectivity index (χ4v) is 2.52. The number of likely N-dealkylation sites (N-methyl/N-ethyl adjacent to an activating group) is 1. The number of benzene rings is 2. The second-order valence-corrected chi connectivity index (χ2v) is 5.54. The van der Waals surface area contributed by atoms with Crippen LogP contribution in [0.15, 0.2) is 42.5 Å². The van der Waals surface area contributed by atoms with Crippen LogP contribution in [-0.2, 0) is 0 Å². The molecule has 2 aromatic rings. The van der Waals surface area contributed by atoms with E-state index < -0.39 is 6.10 Å². The summed E-state index contributed by atoms with van der Waals surface area (Å²) in [4.78, 5) is 14.0. The highest BCUT2D eigenvalue weighted by Gasteiger charge is 2.20. The summed E-state index contributed by atoms with van der Waals surface area (Å²) in [6, 6.07) is 12.2. The molecule has 1 aliphatic heterocycles. The number of hydrogen-bond acceptors (Lipinski definition) is 5. The molecule has 0 bridgehead atoms. The number of nitrogens with zero attached hydrogens (tertiary/aromatic N) is 1. The zero-order valence-corrected chi connectivity index (χ0v) is 13.6. The number of rotatable bonds is 5. The Kier molecular flexibility index (Phi) is 4.57. The Morgan fingerprint density at radius 2 is 1.92 bits per heavy atom. The smallest absolute Gasteiger partial charge is 0.253 e. The third-order valence-corrected chi connectivity index (χ3v) is 3.91. The first kappa shape index (κ1) is 16.1. The van der Waals surface area contributed by atoms with Gasteiger partial charge in [0.05, 0.1) is 19.8 Å². The number of ether oxygens (including phenoxy) is 3. The van der Waals surface area contributed by atoms with Crippen molar-refractivity contribution in [2.24, 2.45) is 0 Å². The molecular weight excluding hydrogens is 310 g/mol. The Morgan fingerprint density at radius 3 is 2.62 bits per heavy atom. The van der Waals surface area contributed by atoms with Crippen molar-refractivity contribution in [3.05, 3.63) is 53.6 Å². The van der Waals surface area contributed by atoms with E-state index in [1.54, 1.807) is 56.6 Å². The van der Waals surface area contributed by atoms with Crippen molar-refractivity contribution in [1.82, 2.24) is 4.90 Å². The summed E-state index contributed by atoms with van der Waals surface area (Å²) in [7, 11) is 3.24. The fraction of sp³-hybridized carbons (Fsp3) is 0.278. The van der Waals surface area contributed by atoms with Gasteiger partial charge in [-0.15, -0.1) is 0 Å². The van der Waals surface area contributed by atoms with Crippen molar-refractivity contribution in [3.63, 3.8) is 0 Å². The van der Waals surface area contributed by atoms with Gasteiger partial charge in [0.2, 0.25) is 6.79 Å². The fourth-order valence-electron chi connectivity index (χ4n) is 2.52. The lowest BCUT2D eigenvalue weighted by atomic mass is 10.1. The van der Waals surface area contributed by atoms with Crippen molar-refractivity contribution < 1.29 is 24.1 Å². The highest BCUT2D eigenvalue weighted by Crippen LogP contribution is 2.32. The molecule has 24 heavy (non-hydrogen) atoms. The molecule has 1 heterocycles. The molecule has 0 saturated heterocycles. The predicted octanol–water partition coefficient (Wildman–Crippen LogP) is 2.23. The third-order valence-electron chi connectivity index (χ3n) is 3.91. The molecule has 1 unspecified atom stereocenters. The molecular formula is C18H19NO5. The summed E-state index contributed by atoms with van der Waals surface area (Å²) in [5.74, 6) is 1.72. The van der Waals surface area contributed by atoms with E-state index in [1.807, 2.05) is 0 Å². The van der Waals surface area contributed by atoms with E-state index in [9.17, 15) is 9.90 Å². The molecule has 1 amide bonds. The van der Waals surface area contributed by atoms with E-state index in [1.165, 1.54) is 4.90 Å². The van der Waals surface area contributed by atoms with Gasteiger partial charge in [0.15, 0.2) is 11.5 Å². The molecule has 0 saturated carbocycles. The van der Waals surface area contributed by atoms with Gasteiger partial charge < -0.3 is 24.2 Å².